The highest BCUT2D eigenvalue weighted by Gasteiger charge is 2.36. The van der Waals surface area contributed by atoms with E-state index < -0.39 is 5.92 Å². The number of rotatable bonds is 5. The molecule has 3 rings (SSSR count). The van der Waals surface area contributed by atoms with Crippen LogP contribution in [0.1, 0.15) is 42.7 Å². The van der Waals surface area contributed by atoms with Gasteiger partial charge in [0.1, 0.15) is 10.8 Å². The van der Waals surface area contributed by atoms with Crippen LogP contribution in [0.3, 0.4) is 0 Å². The minimum Gasteiger partial charge on any atom is -0.483 e. The van der Waals surface area contributed by atoms with Gasteiger partial charge in [-0.3, -0.25) is 24.1 Å². The lowest BCUT2D eigenvalue weighted by molar-refractivity contribution is -0.126. The van der Waals surface area contributed by atoms with Crippen molar-refractivity contribution < 1.29 is 19.5 Å². The number of H-pyrrole nitrogens is 1. The van der Waals surface area contributed by atoms with Crippen molar-refractivity contribution in [1.29, 1.82) is 0 Å². The number of aryl methyl sites for hydroxylation is 1. The molecular formula is C17H22N6O5S. The number of carboxylic acid groups (broad SMARTS) is 1. The molecule has 3 heterocycles. The van der Waals surface area contributed by atoms with Gasteiger partial charge in [0.25, 0.3) is 12.0 Å². The third kappa shape index (κ3) is 5.91. The fourth-order valence-corrected chi connectivity index (χ4v) is 3.56. The van der Waals surface area contributed by atoms with Crippen LogP contribution in [0.2, 0.25) is 0 Å². The van der Waals surface area contributed by atoms with E-state index in [1.165, 1.54) is 22.3 Å². The molecule has 29 heavy (non-hydrogen) atoms. The van der Waals surface area contributed by atoms with Gasteiger partial charge < -0.3 is 15.4 Å². The van der Waals surface area contributed by atoms with E-state index in [2.05, 4.69) is 25.5 Å². The van der Waals surface area contributed by atoms with Crippen LogP contribution in [0.5, 0.6) is 0 Å². The van der Waals surface area contributed by atoms with Crippen molar-refractivity contribution in [3.8, 4) is 0 Å². The largest absolute Gasteiger partial charge is 0.483 e. The monoisotopic (exact) mass is 422 g/mol. The second-order valence-electron chi connectivity index (χ2n) is 6.63. The Labute approximate surface area is 170 Å². The molecule has 0 radical (unpaired) electrons. The molecular weight excluding hydrogens is 400 g/mol. The van der Waals surface area contributed by atoms with Crippen molar-refractivity contribution in [2.24, 2.45) is 5.92 Å². The SMILES string of the molecule is Cc1nc(CNC(=O)C2CC(=O)N(c3nnc(C(C)C)s3)C2)cc(=O)[nH]1.O=CO. The summed E-state index contributed by atoms with van der Waals surface area (Å²) in [6.07, 6.45) is 0.129. The van der Waals surface area contributed by atoms with Crippen molar-refractivity contribution in [2.45, 2.75) is 39.7 Å². The summed E-state index contributed by atoms with van der Waals surface area (Å²) in [5, 5.41) is 19.2. The maximum absolute atomic E-state index is 12.4. The molecule has 2 aromatic rings. The van der Waals surface area contributed by atoms with Gasteiger partial charge in [-0.25, -0.2) is 4.98 Å². The standard InChI is InChI=1S/C16H20N6O3S.CH2O2/c1-8(2)15-20-21-16(26-15)22-7-10(4-13(22)24)14(25)17-6-11-5-12(23)19-9(3)18-11;2-1-3/h5,8,10H,4,6-7H2,1-3H3,(H,17,25)(H,18,19,23);1H,(H,2,3). The summed E-state index contributed by atoms with van der Waals surface area (Å²) in [7, 11) is 0. The maximum atomic E-state index is 12.4. The third-order valence-electron chi connectivity index (χ3n) is 4.01. The van der Waals surface area contributed by atoms with Crippen molar-refractivity contribution in [1.82, 2.24) is 25.5 Å². The minimum atomic E-state index is -0.461. The van der Waals surface area contributed by atoms with Gasteiger partial charge in [-0.05, 0) is 6.92 Å². The van der Waals surface area contributed by atoms with Crippen LogP contribution in [0.4, 0.5) is 5.13 Å². The number of amides is 2. The van der Waals surface area contributed by atoms with Crippen molar-refractivity contribution >= 4 is 34.8 Å². The van der Waals surface area contributed by atoms with Gasteiger partial charge in [0.15, 0.2) is 0 Å². The summed E-state index contributed by atoms with van der Waals surface area (Å²) >= 11 is 1.37. The number of hydrogen-bond donors (Lipinski definition) is 3. The molecule has 0 aliphatic carbocycles. The first-order valence-electron chi connectivity index (χ1n) is 8.81. The number of aromatic nitrogens is 4. The van der Waals surface area contributed by atoms with E-state index in [1.807, 2.05) is 13.8 Å². The van der Waals surface area contributed by atoms with Crippen LogP contribution >= 0.6 is 11.3 Å². The molecule has 12 heteroatoms. The van der Waals surface area contributed by atoms with Gasteiger partial charge in [0, 0.05) is 24.9 Å². The van der Waals surface area contributed by atoms with Gasteiger partial charge in [-0.2, -0.15) is 0 Å². The Morgan fingerprint density at radius 2 is 2.14 bits per heavy atom. The molecule has 0 bridgehead atoms. The van der Waals surface area contributed by atoms with E-state index in [-0.39, 0.29) is 49.3 Å². The van der Waals surface area contributed by atoms with Crippen molar-refractivity contribution in [2.75, 3.05) is 11.4 Å². The fraction of sp³-hybridized carbons (Fsp3) is 0.471. The topological polar surface area (TPSA) is 158 Å². The normalized spacial score (nSPS) is 15.8. The van der Waals surface area contributed by atoms with E-state index in [0.717, 1.165) is 5.01 Å². The van der Waals surface area contributed by atoms with Crippen LogP contribution in [0.25, 0.3) is 0 Å². The average Bonchev–Trinajstić information content (AvgIpc) is 3.26. The van der Waals surface area contributed by atoms with Crippen LogP contribution in [0.15, 0.2) is 10.9 Å². The highest BCUT2D eigenvalue weighted by atomic mass is 32.1. The zero-order chi connectivity index (χ0) is 21.6. The van der Waals surface area contributed by atoms with Gasteiger partial charge in [-0.1, -0.05) is 25.2 Å². The zero-order valence-corrected chi connectivity index (χ0v) is 17.0. The van der Waals surface area contributed by atoms with E-state index in [1.54, 1.807) is 6.92 Å². The molecule has 2 aromatic heterocycles. The lowest BCUT2D eigenvalue weighted by Crippen LogP contribution is -2.33. The lowest BCUT2D eigenvalue weighted by atomic mass is 10.1. The number of carbonyl (C=O) groups is 3. The smallest absolute Gasteiger partial charge is 0.290 e. The van der Waals surface area contributed by atoms with E-state index >= 15 is 0 Å². The zero-order valence-electron chi connectivity index (χ0n) is 16.2. The van der Waals surface area contributed by atoms with Crippen LogP contribution < -0.4 is 15.8 Å². The first-order chi connectivity index (χ1) is 13.7. The number of aromatic amines is 1. The predicted octanol–water partition coefficient (Wildman–Crippen LogP) is 0.423. The highest BCUT2D eigenvalue weighted by Crippen LogP contribution is 2.30. The summed E-state index contributed by atoms with van der Waals surface area (Å²) in [5.41, 5.74) is 0.215. The Morgan fingerprint density at radius 3 is 2.72 bits per heavy atom. The second kappa shape index (κ2) is 9.87. The summed E-state index contributed by atoms with van der Waals surface area (Å²) in [5.74, 6) is -0.114. The summed E-state index contributed by atoms with van der Waals surface area (Å²) < 4.78 is 0. The molecule has 1 unspecified atom stereocenters. The Kier molecular flexibility index (Phi) is 7.53. The second-order valence-corrected chi connectivity index (χ2v) is 7.62. The van der Waals surface area contributed by atoms with Crippen LogP contribution in [0, 0.1) is 12.8 Å². The first-order valence-corrected chi connectivity index (χ1v) is 9.63. The molecule has 1 saturated heterocycles. The molecule has 0 aromatic carbocycles. The quantitative estimate of drug-likeness (QED) is 0.585. The van der Waals surface area contributed by atoms with E-state index in [0.29, 0.717) is 16.6 Å². The summed E-state index contributed by atoms with van der Waals surface area (Å²) in [6, 6.07) is 1.34. The van der Waals surface area contributed by atoms with Crippen LogP contribution in [-0.4, -0.2) is 50.1 Å². The van der Waals surface area contributed by atoms with Gasteiger partial charge in [0.2, 0.25) is 16.9 Å². The third-order valence-corrected chi connectivity index (χ3v) is 5.25. The van der Waals surface area contributed by atoms with E-state index in [9.17, 15) is 14.4 Å². The Bertz CT molecular complexity index is 940. The highest BCUT2D eigenvalue weighted by molar-refractivity contribution is 7.15. The van der Waals surface area contributed by atoms with E-state index in [4.69, 9.17) is 9.90 Å². The molecule has 156 valence electrons. The Hall–Kier alpha value is -3.15. The summed E-state index contributed by atoms with van der Waals surface area (Å²) in [6.45, 7) is 5.87. The Morgan fingerprint density at radius 1 is 1.45 bits per heavy atom. The molecule has 2 amide bonds. The molecule has 1 fully saturated rings. The first kappa shape index (κ1) is 22.1. The van der Waals surface area contributed by atoms with Crippen molar-refractivity contribution in [3.63, 3.8) is 0 Å². The number of nitrogens with zero attached hydrogens (tertiary/aromatic N) is 4. The number of anilines is 1. The molecule has 1 aliphatic rings. The molecule has 11 nitrogen and oxygen atoms in total. The minimum absolute atomic E-state index is 0.129. The van der Waals surface area contributed by atoms with Gasteiger partial charge >= 0.3 is 0 Å². The predicted molar refractivity (Wildman–Crippen MR) is 105 cm³/mol. The van der Waals surface area contributed by atoms with Gasteiger partial charge in [-0.15, -0.1) is 10.2 Å². The van der Waals surface area contributed by atoms with Crippen LogP contribution in [-0.2, 0) is 20.9 Å². The molecule has 1 atom stereocenters. The summed E-state index contributed by atoms with van der Waals surface area (Å²) in [4.78, 5) is 52.7. The maximum Gasteiger partial charge on any atom is 0.290 e. The molecule has 0 spiro atoms. The fourth-order valence-electron chi connectivity index (χ4n) is 2.69. The lowest BCUT2D eigenvalue weighted by Gasteiger charge is -2.12. The molecule has 1 aliphatic heterocycles. The molecule has 0 saturated carbocycles. The van der Waals surface area contributed by atoms with Gasteiger partial charge in [0.05, 0.1) is 18.2 Å². The Balaban J connectivity index is 0.000000941. The molecule has 3 N–H and O–H groups in total. The number of hydrogen-bond acceptors (Lipinski definition) is 8. The number of nitrogens with one attached hydrogen (secondary N) is 2. The van der Waals surface area contributed by atoms with Crippen molar-refractivity contribution in [3.05, 3.63) is 32.9 Å². The number of carbonyl (C=O) groups excluding carboxylic acids is 2. The average molecular weight is 422 g/mol.